The summed E-state index contributed by atoms with van der Waals surface area (Å²) in [6.07, 6.45) is -1.83. The summed E-state index contributed by atoms with van der Waals surface area (Å²) in [6.45, 7) is 5.00. The second-order valence-electron chi connectivity index (χ2n) is 8.57. The van der Waals surface area contributed by atoms with Crippen LogP contribution in [0.25, 0.3) is 10.9 Å². The zero-order valence-electron chi connectivity index (χ0n) is 19.0. The van der Waals surface area contributed by atoms with Crippen LogP contribution in [0, 0.1) is 0 Å². The zero-order valence-corrected chi connectivity index (χ0v) is 20.5. The lowest BCUT2D eigenvalue weighted by Crippen LogP contribution is -2.49. The fourth-order valence-electron chi connectivity index (χ4n) is 4.64. The number of hydrogen-bond donors (Lipinski definition) is 0. The molecule has 0 saturated carbocycles. The van der Waals surface area contributed by atoms with Gasteiger partial charge in [0.05, 0.1) is 21.0 Å². The van der Waals surface area contributed by atoms with Crippen molar-refractivity contribution in [1.29, 1.82) is 0 Å². The van der Waals surface area contributed by atoms with Gasteiger partial charge in [0.2, 0.25) is 5.91 Å². The van der Waals surface area contributed by atoms with Gasteiger partial charge in [0.25, 0.3) is 0 Å². The number of benzene rings is 1. The van der Waals surface area contributed by atoms with Crippen molar-refractivity contribution in [1.82, 2.24) is 19.4 Å². The molecule has 7 nitrogen and oxygen atoms in total. The Balaban J connectivity index is 1.67. The van der Waals surface area contributed by atoms with Gasteiger partial charge in [-0.1, -0.05) is 24.2 Å². The molecule has 3 aromatic rings. The topological polar surface area (TPSA) is 71.3 Å². The number of halogens is 4. The van der Waals surface area contributed by atoms with Crippen LogP contribution in [-0.4, -0.2) is 57.3 Å². The number of anilines is 1. The van der Waals surface area contributed by atoms with E-state index in [-0.39, 0.29) is 34.5 Å². The first kappa shape index (κ1) is 24.6. The third-order valence-electron chi connectivity index (χ3n) is 6.45. The normalized spacial score (nSPS) is 18.3. The first-order valence-electron chi connectivity index (χ1n) is 11.2. The number of nitrogens with zero attached hydrogens (tertiary/aromatic N) is 5. The van der Waals surface area contributed by atoms with E-state index in [1.807, 2.05) is 12.1 Å². The molecule has 188 valence electrons. The summed E-state index contributed by atoms with van der Waals surface area (Å²) < 4.78 is 43.5. The van der Waals surface area contributed by atoms with Gasteiger partial charge in [-0.05, 0) is 24.3 Å². The van der Waals surface area contributed by atoms with Crippen molar-refractivity contribution >= 4 is 46.0 Å². The second-order valence-corrected chi connectivity index (χ2v) is 9.98. The summed E-state index contributed by atoms with van der Waals surface area (Å²) in [5.41, 5.74) is -0.458. The van der Waals surface area contributed by atoms with Gasteiger partial charge in [0, 0.05) is 61.7 Å². The lowest BCUT2D eigenvalue weighted by atomic mass is 10.1. The van der Waals surface area contributed by atoms with E-state index < -0.39 is 22.5 Å². The van der Waals surface area contributed by atoms with Crippen LogP contribution < -0.4 is 10.6 Å². The van der Waals surface area contributed by atoms with E-state index in [2.05, 4.69) is 16.5 Å². The highest BCUT2D eigenvalue weighted by Gasteiger charge is 2.38. The summed E-state index contributed by atoms with van der Waals surface area (Å²) >= 11 is 7.54. The largest absolute Gasteiger partial charge is 0.417 e. The molecule has 0 aliphatic carbocycles. The average Bonchev–Trinajstić information content (AvgIpc) is 3.08. The van der Waals surface area contributed by atoms with Crippen molar-refractivity contribution in [3.63, 3.8) is 0 Å². The van der Waals surface area contributed by atoms with E-state index in [0.29, 0.717) is 37.4 Å². The molecule has 1 fully saturated rings. The molecule has 12 heteroatoms. The number of piperazine rings is 1. The van der Waals surface area contributed by atoms with Crippen molar-refractivity contribution in [3.05, 3.63) is 69.9 Å². The molecule has 1 saturated heterocycles. The number of amides is 1. The zero-order chi connectivity index (χ0) is 25.6. The van der Waals surface area contributed by atoms with Crippen molar-refractivity contribution in [2.75, 3.05) is 36.8 Å². The Morgan fingerprint density at radius 1 is 1.22 bits per heavy atom. The number of thioether (sulfide) groups is 1. The van der Waals surface area contributed by atoms with Gasteiger partial charge in [0.15, 0.2) is 0 Å². The number of carbonyl (C=O) groups is 1. The number of alkyl halides is 3. The number of rotatable bonds is 3. The minimum Gasteiger partial charge on any atom is -0.352 e. The summed E-state index contributed by atoms with van der Waals surface area (Å²) in [6, 6.07) is 6.42. The molecule has 1 amide bonds. The number of pyridine rings is 1. The molecule has 2 aliphatic heterocycles. The van der Waals surface area contributed by atoms with Gasteiger partial charge in [0.1, 0.15) is 5.82 Å². The molecular formula is C24H21ClF3N5O2S. The SMILES string of the molecule is C=CC(=O)N1CCN(c2nc(=O)n3c4c(c(Cl)c(C(F)(F)F)cc24)SC[C@H](c2ccccn2)C3)CC1. The molecule has 0 unspecified atom stereocenters. The van der Waals surface area contributed by atoms with Crippen LogP contribution >= 0.6 is 23.4 Å². The number of carbonyl (C=O) groups excluding carboxylic acids is 1. The first-order chi connectivity index (χ1) is 17.2. The highest BCUT2D eigenvalue weighted by molar-refractivity contribution is 7.99. The van der Waals surface area contributed by atoms with Crippen molar-refractivity contribution < 1.29 is 18.0 Å². The first-order valence-corrected chi connectivity index (χ1v) is 12.6. The molecule has 1 atom stereocenters. The maximum atomic E-state index is 14.0. The molecule has 4 heterocycles. The van der Waals surface area contributed by atoms with E-state index in [4.69, 9.17) is 11.6 Å². The lowest BCUT2D eigenvalue weighted by Gasteiger charge is -2.35. The van der Waals surface area contributed by atoms with Gasteiger partial charge in [-0.25, -0.2) is 4.79 Å². The van der Waals surface area contributed by atoms with E-state index in [9.17, 15) is 22.8 Å². The van der Waals surface area contributed by atoms with Crippen LogP contribution in [-0.2, 0) is 17.5 Å². The predicted octanol–water partition coefficient (Wildman–Crippen LogP) is 4.19. The molecule has 1 aromatic carbocycles. The summed E-state index contributed by atoms with van der Waals surface area (Å²) in [7, 11) is 0. The van der Waals surface area contributed by atoms with Gasteiger partial charge < -0.3 is 9.80 Å². The Kier molecular flexibility index (Phi) is 6.46. The van der Waals surface area contributed by atoms with E-state index in [1.54, 1.807) is 22.1 Å². The highest BCUT2D eigenvalue weighted by Crippen LogP contribution is 2.47. The minimum atomic E-state index is -4.69. The van der Waals surface area contributed by atoms with Crippen LogP contribution in [0.2, 0.25) is 5.02 Å². The molecule has 5 rings (SSSR count). The van der Waals surface area contributed by atoms with E-state index in [1.165, 1.54) is 22.4 Å². The lowest BCUT2D eigenvalue weighted by molar-refractivity contribution is -0.137. The molecular weight excluding hydrogens is 515 g/mol. The Morgan fingerprint density at radius 2 is 1.97 bits per heavy atom. The highest BCUT2D eigenvalue weighted by atomic mass is 35.5. The van der Waals surface area contributed by atoms with Gasteiger partial charge >= 0.3 is 11.9 Å². The fourth-order valence-corrected chi connectivity index (χ4v) is 6.29. The molecule has 0 N–H and O–H groups in total. The minimum absolute atomic E-state index is 0.164. The second kappa shape index (κ2) is 9.44. The smallest absolute Gasteiger partial charge is 0.352 e. The number of hydrogen-bond acceptors (Lipinski definition) is 6. The van der Waals surface area contributed by atoms with Crippen molar-refractivity contribution in [2.24, 2.45) is 0 Å². The number of aromatic nitrogens is 3. The monoisotopic (exact) mass is 535 g/mol. The standard InChI is InChI=1S/C24H21ClF3N5O2S/c1-2-18(34)31-7-9-32(10-8-31)22-15-11-16(24(26,27)28)19(25)21-20(15)33(23(35)30-22)12-14(13-36-21)17-5-3-4-6-29-17/h2-6,11,14H,1,7-10,12-13H2/t14-/m1/s1. The maximum absolute atomic E-state index is 14.0. The molecule has 2 aromatic heterocycles. The maximum Gasteiger partial charge on any atom is 0.417 e. The Labute approximate surface area is 213 Å². The molecule has 2 aliphatic rings. The molecule has 0 spiro atoms. The van der Waals surface area contributed by atoms with Crippen LogP contribution in [0.3, 0.4) is 0 Å². The van der Waals surface area contributed by atoms with Gasteiger partial charge in [-0.15, -0.1) is 11.8 Å². The fraction of sp³-hybridized carbons (Fsp3) is 0.333. The van der Waals surface area contributed by atoms with Crippen LogP contribution in [0.15, 0.2) is 52.8 Å². The van der Waals surface area contributed by atoms with Crippen molar-refractivity contribution in [3.8, 4) is 0 Å². The van der Waals surface area contributed by atoms with Crippen LogP contribution in [0.1, 0.15) is 17.2 Å². The van der Waals surface area contributed by atoms with Gasteiger partial charge in [-0.3, -0.25) is 14.3 Å². The average molecular weight is 536 g/mol. The summed E-state index contributed by atoms with van der Waals surface area (Å²) in [5, 5.41) is -0.215. The van der Waals surface area contributed by atoms with Crippen LogP contribution in [0.4, 0.5) is 19.0 Å². The van der Waals surface area contributed by atoms with Gasteiger partial charge in [-0.2, -0.15) is 18.2 Å². The van der Waals surface area contributed by atoms with Crippen LogP contribution in [0.5, 0.6) is 0 Å². The third-order valence-corrected chi connectivity index (χ3v) is 8.21. The molecule has 36 heavy (non-hydrogen) atoms. The quantitative estimate of drug-likeness (QED) is 0.468. The Hall–Kier alpha value is -3.05. The van der Waals surface area contributed by atoms with Crippen molar-refractivity contribution in [2.45, 2.75) is 23.5 Å². The Bertz CT molecular complexity index is 1410. The molecule has 0 radical (unpaired) electrons. The summed E-state index contributed by atoms with van der Waals surface area (Å²) in [5.74, 6) is 0.110. The predicted molar refractivity (Wildman–Crippen MR) is 133 cm³/mol. The molecule has 0 bridgehead atoms. The third kappa shape index (κ3) is 4.34. The van der Waals surface area contributed by atoms with E-state index >= 15 is 0 Å². The summed E-state index contributed by atoms with van der Waals surface area (Å²) in [4.78, 5) is 37.5. The van der Waals surface area contributed by atoms with E-state index in [0.717, 1.165) is 11.8 Å². The Morgan fingerprint density at radius 3 is 2.61 bits per heavy atom.